The smallest absolute Gasteiger partial charge is 0.337 e. The zero-order chi connectivity index (χ0) is 7.56. The third-order valence-electron chi connectivity index (χ3n) is 1.46. The fourth-order valence-corrected chi connectivity index (χ4v) is 0.949. The Morgan fingerprint density at radius 1 is 1.80 bits per heavy atom. The van der Waals surface area contributed by atoms with Crippen molar-refractivity contribution in [1.29, 1.82) is 0 Å². The van der Waals surface area contributed by atoms with Gasteiger partial charge in [0.1, 0.15) is 18.8 Å². The Kier molecular flexibility index (Phi) is 1.85. The molecule has 1 aliphatic heterocycles. The zero-order valence-electron chi connectivity index (χ0n) is 5.87. The van der Waals surface area contributed by atoms with Crippen LogP contribution in [0.15, 0.2) is 11.8 Å². The van der Waals surface area contributed by atoms with Gasteiger partial charge in [0.05, 0.1) is 0 Å². The summed E-state index contributed by atoms with van der Waals surface area (Å²) in [6.07, 6.45) is 5.09. The van der Waals surface area contributed by atoms with Crippen LogP contribution < -0.4 is 0 Å². The van der Waals surface area contributed by atoms with Crippen molar-refractivity contribution in [1.82, 2.24) is 0 Å². The maximum absolute atomic E-state index is 10.4. The molecule has 3 heteroatoms. The molecule has 0 amide bonds. The quantitative estimate of drug-likeness (QED) is 0.537. The van der Waals surface area contributed by atoms with E-state index in [0.29, 0.717) is 12.0 Å². The van der Waals surface area contributed by atoms with Gasteiger partial charge < -0.3 is 5.11 Å². The van der Waals surface area contributed by atoms with E-state index in [-0.39, 0.29) is 0 Å². The number of nitrogens with zero attached hydrogens (tertiary/aromatic N) is 1. The van der Waals surface area contributed by atoms with E-state index in [1.807, 2.05) is 13.3 Å². The summed E-state index contributed by atoms with van der Waals surface area (Å²) >= 11 is 0. The fourth-order valence-electron chi connectivity index (χ4n) is 0.949. The highest BCUT2D eigenvalue weighted by atomic mass is 16.4. The lowest BCUT2D eigenvalue weighted by Crippen LogP contribution is -2.11. The second-order valence-corrected chi connectivity index (χ2v) is 2.35. The van der Waals surface area contributed by atoms with E-state index in [2.05, 4.69) is 0 Å². The summed E-state index contributed by atoms with van der Waals surface area (Å²) in [5.41, 5.74) is 0.491. The molecule has 0 atom stereocenters. The van der Waals surface area contributed by atoms with Gasteiger partial charge in [0, 0.05) is 6.42 Å². The van der Waals surface area contributed by atoms with E-state index in [0.717, 1.165) is 6.42 Å². The number of carbonyl (C=O) groups is 1. The van der Waals surface area contributed by atoms with Gasteiger partial charge in [-0.15, -0.1) is 0 Å². The zero-order valence-corrected chi connectivity index (χ0v) is 5.87. The minimum Gasteiger partial charge on any atom is -0.478 e. The summed E-state index contributed by atoms with van der Waals surface area (Å²) in [7, 11) is 1.84. The molecule has 0 fully saturated rings. The largest absolute Gasteiger partial charge is 0.478 e. The minimum atomic E-state index is -0.806. The van der Waals surface area contributed by atoms with Crippen molar-refractivity contribution in [2.24, 2.45) is 0 Å². The highest BCUT2D eigenvalue weighted by Crippen LogP contribution is 2.07. The Morgan fingerprint density at radius 2 is 2.50 bits per heavy atom. The number of carboxylic acids is 1. The summed E-state index contributed by atoms with van der Waals surface area (Å²) in [6.45, 7) is 0. The highest BCUT2D eigenvalue weighted by molar-refractivity contribution is 5.87. The summed E-state index contributed by atoms with van der Waals surface area (Å²) in [6, 6.07) is 0. The normalized spacial score (nSPS) is 17.7. The number of hydrogen-bond acceptors (Lipinski definition) is 1. The summed E-state index contributed by atoms with van der Waals surface area (Å²) in [5.74, 6) is -0.806. The Bertz CT molecular complexity index is 216. The van der Waals surface area contributed by atoms with Crippen LogP contribution in [-0.2, 0) is 4.79 Å². The molecule has 0 radical (unpaired) electrons. The molecule has 1 N–H and O–H groups in total. The van der Waals surface area contributed by atoms with Gasteiger partial charge in [-0.2, -0.15) is 0 Å². The van der Waals surface area contributed by atoms with Gasteiger partial charge >= 0.3 is 5.97 Å². The molecule has 0 spiro atoms. The van der Waals surface area contributed by atoms with Crippen molar-refractivity contribution in [2.45, 2.75) is 12.8 Å². The van der Waals surface area contributed by atoms with Gasteiger partial charge in [0.25, 0.3) is 0 Å². The number of rotatable bonds is 1. The highest BCUT2D eigenvalue weighted by Gasteiger charge is 2.13. The third kappa shape index (κ3) is 1.43. The molecule has 0 unspecified atom stereocenters. The van der Waals surface area contributed by atoms with Crippen LogP contribution in [-0.4, -0.2) is 28.9 Å². The molecule has 1 aliphatic rings. The first-order valence-electron chi connectivity index (χ1n) is 3.19. The van der Waals surface area contributed by atoms with Crippen LogP contribution in [0.1, 0.15) is 12.8 Å². The Labute approximate surface area is 59.3 Å². The number of hydrogen-bond donors (Lipinski definition) is 1. The molecule has 54 valence electrons. The average Bonchev–Trinajstić information content (AvgIpc) is 1.88. The van der Waals surface area contributed by atoms with Gasteiger partial charge in [-0.3, -0.25) is 0 Å². The molecule has 0 aliphatic carbocycles. The van der Waals surface area contributed by atoms with Crippen LogP contribution >= 0.6 is 0 Å². The Balaban J connectivity index is 2.78. The molecule has 0 aromatic rings. The number of carboxylic acid groups (broad SMARTS) is 1. The van der Waals surface area contributed by atoms with Crippen molar-refractivity contribution in [3.05, 3.63) is 11.8 Å². The first-order valence-corrected chi connectivity index (χ1v) is 3.19. The topological polar surface area (TPSA) is 40.3 Å². The average molecular weight is 140 g/mol. The predicted octanol–water partition coefficient (Wildman–Crippen LogP) is 0.462. The van der Waals surface area contributed by atoms with E-state index in [9.17, 15) is 4.79 Å². The van der Waals surface area contributed by atoms with Crippen molar-refractivity contribution in [2.75, 3.05) is 7.05 Å². The first-order chi connectivity index (χ1) is 4.70. The molecule has 0 saturated heterocycles. The summed E-state index contributed by atoms with van der Waals surface area (Å²) in [4.78, 5) is 10.4. The Morgan fingerprint density at radius 3 is 2.90 bits per heavy atom. The van der Waals surface area contributed by atoms with Crippen molar-refractivity contribution >= 4 is 12.2 Å². The van der Waals surface area contributed by atoms with Crippen LogP contribution in [0.3, 0.4) is 0 Å². The van der Waals surface area contributed by atoms with Crippen molar-refractivity contribution < 1.29 is 14.5 Å². The van der Waals surface area contributed by atoms with Gasteiger partial charge in [0.15, 0.2) is 6.20 Å². The maximum Gasteiger partial charge on any atom is 0.337 e. The lowest BCUT2D eigenvalue weighted by molar-refractivity contribution is -0.420. The standard InChI is InChI=1S/C7H9NO2/c1-8-4-2-3-6(5-8)7(9)10/h4-5H,2-3H2,1H3/p+1. The minimum absolute atomic E-state index is 0.491. The van der Waals surface area contributed by atoms with Gasteiger partial charge in [-0.1, -0.05) is 0 Å². The van der Waals surface area contributed by atoms with E-state index < -0.39 is 5.97 Å². The van der Waals surface area contributed by atoms with E-state index >= 15 is 0 Å². The molecule has 3 nitrogen and oxygen atoms in total. The second kappa shape index (κ2) is 2.64. The van der Waals surface area contributed by atoms with Gasteiger partial charge in [-0.05, 0) is 6.42 Å². The molecule has 10 heavy (non-hydrogen) atoms. The van der Waals surface area contributed by atoms with Crippen LogP contribution in [0.4, 0.5) is 0 Å². The van der Waals surface area contributed by atoms with Crippen LogP contribution in [0, 0.1) is 0 Å². The summed E-state index contributed by atoms with van der Waals surface area (Å²) < 4.78 is 1.78. The molecule has 0 bridgehead atoms. The fraction of sp³-hybridized carbons (Fsp3) is 0.429. The molecule has 1 heterocycles. The maximum atomic E-state index is 10.4. The van der Waals surface area contributed by atoms with Crippen molar-refractivity contribution in [3.63, 3.8) is 0 Å². The van der Waals surface area contributed by atoms with Gasteiger partial charge in [-0.25, -0.2) is 9.37 Å². The predicted molar refractivity (Wildman–Crippen MR) is 37.2 cm³/mol. The van der Waals surface area contributed by atoms with Crippen LogP contribution in [0.2, 0.25) is 0 Å². The van der Waals surface area contributed by atoms with Gasteiger partial charge in [0.2, 0.25) is 0 Å². The van der Waals surface area contributed by atoms with Crippen molar-refractivity contribution in [3.8, 4) is 0 Å². The lowest BCUT2D eigenvalue weighted by atomic mass is 10.1. The third-order valence-corrected chi connectivity index (χ3v) is 1.46. The van der Waals surface area contributed by atoms with Crippen LogP contribution in [0.5, 0.6) is 0 Å². The van der Waals surface area contributed by atoms with E-state index in [4.69, 9.17) is 5.11 Å². The first kappa shape index (κ1) is 6.99. The molecule has 0 aromatic heterocycles. The molecule has 0 aromatic carbocycles. The van der Waals surface area contributed by atoms with Crippen LogP contribution in [0.25, 0.3) is 0 Å². The lowest BCUT2D eigenvalue weighted by Gasteiger charge is -2.00. The summed E-state index contributed by atoms with van der Waals surface area (Å²) in [5, 5.41) is 8.55. The molecule has 1 rings (SSSR count). The van der Waals surface area contributed by atoms with E-state index in [1.54, 1.807) is 10.8 Å². The van der Waals surface area contributed by atoms with E-state index in [1.165, 1.54) is 0 Å². The molecule has 0 saturated carbocycles. The monoisotopic (exact) mass is 140 g/mol. The SMILES string of the molecule is C[N+]1=CCCC(C(=O)O)=C1. The second-order valence-electron chi connectivity index (χ2n) is 2.35. The molecular formula is C7H10NO2+. The Hall–Kier alpha value is -1.12. The molecular weight excluding hydrogens is 130 g/mol. The number of aliphatic carboxylic acids is 1.